The first-order valence-corrected chi connectivity index (χ1v) is 7.74. The Morgan fingerprint density at radius 3 is 2.58 bits per heavy atom. The van der Waals surface area contributed by atoms with Crippen molar-refractivity contribution in [2.24, 2.45) is 0 Å². The number of halogens is 2. The monoisotopic (exact) mass is 319 g/mol. The summed E-state index contributed by atoms with van der Waals surface area (Å²) < 4.78 is 26.3. The standard InChI is InChI=1S/C11H11Cl2N3O2S/c12-9-2-1-3-10(13)11(9)19(17,18)16-5-4-15-7-8(16)6-14/h1-3,8,15H,4-5,7H2. The lowest BCUT2D eigenvalue weighted by Gasteiger charge is -2.31. The van der Waals surface area contributed by atoms with Gasteiger partial charge in [0.1, 0.15) is 10.9 Å². The number of sulfonamides is 1. The van der Waals surface area contributed by atoms with Crippen molar-refractivity contribution in [2.45, 2.75) is 10.9 Å². The number of hydrogen-bond donors (Lipinski definition) is 1. The fraction of sp³-hybridized carbons (Fsp3) is 0.364. The minimum absolute atomic E-state index is 0.0581. The van der Waals surface area contributed by atoms with Crippen molar-refractivity contribution in [3.05, 3.63) is 28.2 Å². The molecule has 1 fully saturated rings. The van der Waals surface area contributed by atoms with Gasteiger partial charge in [0, 0.05) is 19.6 Å². The highest BCUT2D eigenvalue weighted by Crippen LogP contribution is 2.32. The third-order valence-corrected chi connectivity index (χ3v) is 5.69. The Kier molecular flexibility index (Phi) is 4.33. The van der Waals surface area contributed by atoms with Crippen LogP contribution in [0.1, 0.15) is 0 Å². The van der Waals surface area contributed by atoms with E-state index in [1.807, 2.05) is 6.07 Å². The Morgan fingerprint density at radius 1 is 1.37 bits per heavy atom. The van der Waals surface area contributed by atoms with E-state index in [1.165, 1.54) is 12.1 Å². The Morgan fingerprint density at radius 2 is 2.00 bits per heavy atom. The van der Waals surface area contributed by atoms with Gasteiger partial charge in [-0.25, -0.2) is 8.42 Å². The summed E-state index contributed by atoms with van der Waals surface area (Å²) in [4.78, 5) is -0.138. The van der Waals surface area contributed by atoms with E-state index in [9.17, 15) is 8.42 Å². The molecule has 102 valence electrons. The molecule has 1 N–H and O–H groups in total. The molecule has 19 heavy (non-hydrogen) atoms. The van der Waals surface area contributed by atoms with Crippen LogP contribution < -0.4 is 5.32 Å². The van der Waals surface area contributed by atoms with Gasteiger partial charge in [0.2, 0.25) is 10.0 Å². The highest BCUT2D eigenvalue weighted by molar-refractivity contribution is 7.89. The average molecular weight is 320 g/mol. The number of hydrogen-bond acceptors (Lipinski definition) is 4. The molecule has 1 aliphatic heterocycles. The fourth-order valence-corrected chi connectivity index (χ4v) is 4.56. The van der Waals surface area contributed by atoms with E-state index in [0.29, 0.717) is 6.54 Å². The molecule has 1 aromatic rings. The normalized spacial score (nSPS) is 21.0. The molecule has 8 heteroatoms. The van der Waals surface area contributed by atoms with Crippen molar-refractivity contribution in [3.63, 3.8) is 0 Å². The molecule has 1 atom stereocenters. The highest BCUT2D eigenvalue weighted by atomic mass is 35.5. The van der Waals surface area contributed by atoms with Gasteiger partial charge < -0.3 is 5.32 Å². The molecular formula is C11H11Cl2N3O2S. The molecule has 0 bridgehead atoms. The van der Waals surface area contributed by atoms with E-state index >= 15 is 0 Å². The molecule has 5 nitrogen and oxygen atoms in total. The first kappa shape index (κ1) is 14.6. The van der Waals surface area contributed by atoms with Gasteiger partial charge in [0.05, 0.1) is 16.1 Å². The minimum Gasteiger partial charge on any atom is -0.313 e. The van der Waals surface area contributed by atoms with E-state index in [0.717, 1.165) is 4.31 Å². The van der Waals surface area contributed by atoms with Crippen molar-refractivity contribution in [1.29, 1.82) is 5.26 Å². The smallest absolute Gasteiger partial charge is 0.247 e. The molecule has 2 rings (SSSR count). The third-order valence-electron chi connectivity index (χ3n) is 2.83. The van der Waals surface area contributed by atoms with Crippen LogP contribution in [0, 0.1) is 11.3 Å². The van der Waals surface area contributed by atoms with Crippen LogP contribution in [0.15, 0.2) is 23.1 Å². The van der Waals surface area contributed by atoms with Crippen molar-refractivity contribution < 1.29 is 8.42 Å². The first-order chi connectivity index (χ1) is 8.98. The van der Waals surface area contributed by atoms with Gasteiger partial charge >= 0.3 is 0 Å². The average Bonchev–Trinajstić information content (AvgIpc) is 2.38. The zero-order chi connectivity index (χ0) is 14.0. The molecule has 0 saturated carbocycles. The van der Waals surface area contributed by atoms with Crippen LogP contribution in [-0.4, -0.2) is 38.4 Å². The second-order valence-electron chi connectivity index (χ2n) is 4.02. The summed E-state index contributed by atoms with van der Waals surface area (Å²) >= 11 is 11.9. The Labute approximate surface area is 121 Å². The van der Waals surface area contributed by atoms with Crippen molar-refractivity contribution in [3.8, 4) is 6.07 Å². The lowest BCUT2D eigenvalue weighted by atomic mass is 10.3. The van der Waals surface area contributed by atoms with Crippen LogP contribution in [0.25, 0.3) is 0 Å². The SMILES string of the molecule is N#CC1CNCCN1S(=O)(=O)c1c(Cl)cccc1Cl. The second kappa shape index (κ2) is 5.65. The molecule has 0 aromatic heterocycles. The summed E-state index contributed by atoms with van der Waals surface area (Å²) in [5, 5.41) is 12.1. The number of benzene rings is 1. The van der Waals surface area contributed by atoms with E-state index in [-0.39, 0.29) is 28.0 Å². The predicted octanol–water partition coefficient (Wildman–Crippen LogP) is 1.48. The largest absolute Gasteiger partial charge is 0.313 e. The fourth-order valence-electron chi connectivity index (χ4n) is 1.93. The van der Waals surface area contributed by atoms with E-state index < -0.39 is 16.1 Å². The first-order valence-electron chi connectivity index (χ1n) is 5.54. The van der Waals surface area contributed by atoms with Gasteiger partial charge in [-0.2, -0.15) is 9.57 Å². The van der Waals surface area contributed by atoms with Crippen LogP contribution in [0.5, 0.6) is 0 Å². The summed E-state index contributed by atoms with van der Waals surface area (Å²) in [6, 6.07) is 5.71. The summed E-state index contributed by atoms with van der Waals surface area (Å²) in [5.41, 5.74) is 0. The van der Waals surface area contributed by atoms with E-state index in [2.05, 4.69) is 5.32 Å². The second-order valence-corrected chi connectivity index (χ2v) is 6.66. The van der Waals surface area contributed by atoms with Crippen molar-refractivity contribution in [1.82, 2.24) is 9.62 Å². The highest BCUT2D eigenvalue weighted by Gasteiger charge is 2.36. The Hall–Kier alpha value is -0.840. The zero-order valence-corrected chi connectivity index (χ0v) is 12.1. The van der Waals surface area contributed by atoms with Crippen LogP contribution in [0.2, 0.25) is 10.0 Å². The van der Waals surface area contributed by atoms with Gasteiger partial charge in [-0.05, 0) is 12.1 Å². The topological polar surface area (TPSA) is 73.2 Å². The quantitative estimate of drug-likeness (QED) is 0.896. The van der Waals surface area contributed by atoms with E-state index in [4.69, 9.17) is 28.5 Å². The van der Waals surface area contributed by atoms with Crippen LogP contribution in [0.4, 0.5) is 0 Å². The number of nitrogens with zero attached hydrogens (tertiary/aromatic N) is 2. The Bertz CT molecular complexity index is 607. The van der Waals surface area contributed by atoms with Crippen molar-refractivity contribution in [2.75, 3.05) is 19.6 Å². The van der Waals surface area contributed by atoms with Crippen LogP contribution in [0.3, 0.4) is 0 Å². The molecule has 0 amide bonds. The van der Waals surface area contributed by atoms with Crippen molar-refractivity contribution >= 4 is 33.2 Å². The van der Waals surface area contributed by atoms with Gasteiger partial charge in [-0.3, -0.25) is 0 Å². The maximum Gasteiger partial charge on any atom is 0.247 e. The number of nitrogens with one attached hydrogen (secondary N) is 1. The molecule has 1 heterocycles. The molecule has 1 aliphatic rings. The molecule has 0 spiro atoms. The van der Waals surface area contributed by atoms with Gasteiger partial charge in [0.15, 0.2) is 0 Å². The molecule has 0 aliphatic carbocycles. The zero-order valence-electron chi connectivity index (χ0n) is 9.81. The minimum atomic E-state index is -3.88. The number of nitriles is 1. The predicted molar refractivity (Wildman–Crippen MR) is 72.6 cm³/mol. The van der Waals surface area contributed by atoms with Gasteiger partial charge in [-0.1, -0.05) is 29.3 Å². The molecular weight excluding hydrogens is 309 g/mol. The molecule has 0 radical (unpaired) electrons. The van der Waals surface area contributed by atoms with E-state index in [1.54, 1.807) is 6.07 Å². The Balaban J connectivity index is 2.51. The summed E-state index contributed by atoms with van der Waals surface area (Å²) in [6.07, 6.45) is 0. The summed E-state index contributed by atoms with van der Waals surface area (Å²) in [7, 11) is -3.88. The van der Waals surface area contributed by atoms with Crippen LogP contribution in [-0.2, 0) is 10.0 Å². The molecule has 1 aromatic carbocycles. The third kappa shape index (κ3) is 2.71. The summed E-state index contributed by atoms with van der Waals surface area (Å²) in [6.45, 7) is 0.986. The summed E-state index contributed by atoms with van der Waals surface area (Å²) in [5.74, 6) is 0. The van der Waals surface area contributed by atoms with Gasteiger partial charge in [0.25, 0.3) is 0 Å². The van der Waals surface area contributed by atoms with Crippen LogP contribution >= 0.6 is 23.2 Å². The number of piperazine rings is 1. The maximum absolute atomic E-state index is 12.6. The molecule has 1 unspecified atom stereocenters. The lowest BCUT2D eigenvalue weighted by Crippen LogP contribution is -2.52. The molecule has 1 saturated heterocycles. The van der Waals surface area contributed by atoms with Gasteiger partial charge in [-0.15, -0.1) is 0 Å². The lowest BCUT2D eigenvalue weighted by molar-refractivity contribution is 0.312. The number of rotatable bonds is 2. The maximum atomic E-state index is 12.6.